The zero-order valence-corrected chi connectivity index (χ0v) is 10.9. The minimum Gasteiger partial charge on any atom is -0.397 e. The van der Waals surface area contributed by atoms with Gasteiger partial charge in [-0.05, 0) is 36.1 Å². The smallest absolute Gasteiger partial charge is 0.228 e. The summed E-state index contributed by atoms with van der Waals surface area (Å²) < 4.78 is 13.7. The Bertz CT molecular complexity index is 624. The fraction of sp³-hybridized carbons (Fsp3) is 0.188. The van der Waals surface area contributed by atoms with Crippen molar-refractivity contribution in [2.24, 2.45) is 5.92 Å². The van der Waals surface area contributed by atoms with Gasteiger partial charge >= 0.3 is 0 Å². The van der Waals surface area contributed by atoms with E-state index in [1.54, 1.807) is 6.07 Å². The number of nitrogen functional groups attached to an aromatic ring is 1. The number of para-hydroxylation sites is 1. The number of nitrogens with two attached hydrogens (primary N) is 1. The van der Waals surface area contributed by atoms with E-state index in [1.165, 1.54) is 23.3 Å². The third-order valence-electron chi connectivity index (χ3n) is 3.72. The molecule has 2 aromatic rings. The summed E-state index contributed by atoms with van der Waals surface area (Å²) in [5.74, 6) is -0.849. The van der Waals surface area contributed by atoms with Gasteiger partial charge in [-0.25, -0.2) is 4.39 Å². The molecule has 0 atom stereocenters. The van der Waals surface area contributed by atoms with Gasteiger partial charge in [-0.15, -0.1) is 0 Å². The number of amides is 1. The molecule has 0 fully saturated rings. The first kappa shape index (κ1) is 12.7. The van der Waals surface area contributed by atoms with Gasteiger partial charge in [-0.1, -0.05) is 30.3 Å². The minimum absolute atomic E-state index is 0.0773. The number of benzene rings is 2. The van der Waals surface area contributed by atoms with Crippen LogP contribution < -0.4 is 11.1 Å². The van der Waals surface area contributed by atoms with E-state index in [0.29, 0.717) is 12.8 Å². The summed E-state index contributed by atoms with van der Waals surface area (Å²) in [7, 11) is 0. The molecule has 0 bridgehead atoms. The largest absolute Gasteiger partial charge is 0.397 e. The van der Waals surface area contributed by atoms with Gasteiger partial charge < -0.3 is 11.1 Å². The molecule has 2 aromatic carbocycles. The van der Waals surface area contributed by atoms with Crippen molar-refractivity contribution in [3.63, 3.8) is 0 Å². The van der Waals surface area contributed by atoms with Gasteiger partial charge in [0, 0.05) is 5.92 Å². The van der Waals surface area contributed by atoms with Crippen molar-refractivity contribution in [1.82, 2.24) is 0 Å². The average Bonchev–Trinajstić information content (AvgIpc) is 2.87. The summed E-state index contributed by atoms with van der Waals surface area (Å²) >= 11 is 0. The molecular formula is C16H15FN2O. The van der Waals surface area contributed by atoms with Crippen molar-refractivity contribution in [2.45, 2.75) is 12.8 Å². The van der Waals surface area contributed by atoms with Crippen molar-refractivity contribution >= 4 is 17.3 Å². The van der Waals surface area contributed by atoms with Crippen LogP contribution in [0.5, 0.6) is 0 Å². The first-order chi connectivity index (χ1) is 9.65. The molecule has 0 spiro atoms. The second-order valence-electron chi connectivity index (χ2n) is 5.07. The maximum Gasteiger partial charge on any atom is 0.228 e. The third kappa shape index (κ3) is 2.25. The van der Waals surface area contributed by atoms with Crippen LogP contribution in [0.3, 0.4) is 0 Å². The Labute approximate surface area is 116 Å². The highest BCUT2D eigenvalue weighted by molar-refractivity contribution is 5.96. The van der Waals surface area contributed by atoms with Crippen molar-refractivity contribution in [3.8, 4) is 0 Å². The molecule has 1 aliphatic rings. The number of fused-ring (bicyclic) bond motifs is 1. The Balaban J connectivity index is 1.76. The normalized spacial score (nSPS) is 14.1. The molecule has 20 heavy (non-hydrogen) atoms. The number of halogens is 1. The van der Waals surface area contributed by atoms with Gasteiger partial charge in [-0.3, -0.25) is 4.79 Å². The van der Waals surface area contributed by atoms with E-state index in [9.17, 15) is 9.18 Å². The van der Waals surface area contributed by atoms with Crippen molar-refractivity contribution in [3.05, 3.63) is 59.4 Å². The van der Waals surface area contributed by atoms with Crippen molar-refractivity contribution < 1.29 is 9.18 Å². The molecule has 3 N–H and O–H groups in total. The molecule has 0 unspecified atom stereocenters. The molecule has 0 aliphatic heterocycles. The summed E-state index contributed by atoms with van der Waals surface area (Å²) in [5.41, 5.74) is 8.40. The van der Waals surface area contributed by atoms with E-state index in [1.807, 2.05) is 24.3 Å². The summed E-state index contributed by atoms with van der Waals surface area (Å²) in [6.45, 7) is 0. The van der Waals surface area contributed by atoms with Crippen LogP contribution >= 0.6 is 0 Å². The summed E-state index contributed by atoms with van der Waals surface area (Å²) in [4.78, 5) is 12.3. The lowest BCUT2D eigenvalue weighted by molar-refractivity contribution is -0.119. The second-order valence-corrected chi connectivity index (χ2v) is 5.07. The number of carbonyl (C=O) groups excluding carboxylic acids is 1. The Morgan fingerprint density at radius 1 is 1.10 bits per heavy atom. The Kier molecular flexibility index (Phi) is 3.14. The molecule has 1 amide bonds. The molecule has 4 heteroatoms. The number of rotatable bonds is 2. The topological polar surface area (TPSA) is 55.1 Å². The van der Waals surface area contributed by atoms with Crippen LogP contribution in [0.2, 0.25) is 0 Å². The Morgan fingerprint density at radius 3 is 2.35 bits per heavy atom. The molecule has 0 heterocycles. The molecule has 0 aromatic heterocycles. The number of hydrogen-bond donors (Lipinski definition) is 2. The highest BCUT2D eigenvalue weighted by atomic mass is 19.1. The average molecular weight is 270 g/mol. The van der Waals surface area contributed by atoms with E-state index in [0.717, 1.165) is 0 Å². The maximum atomic E-state index is 13.7. The fourth-order valence-electron chi connectivity index (χ4n) is 2.64. The number of hydrogen-bond acceptors (Lipinski definition) is 2. The molecule has 1 aliphatic carbocycles. The van der Waals surface area contributed by atoms with E-state index in [-0.39, 0.29) is 23.2 Å². The second kappa shape index (κ2) is 4.96. The van der Waals surface area contributed by atoms with Crippen LogP contribution in [0.4, 0.5) is 15.8 Å². The molecular weight excluding hydrogens is 255 g/mol. The SMILES string of the molecule is Nc1cccc(F)c1NC(=O)C1Cc2ccccc2C1. The Morgan fingerprint density at radius 2 is 1.75 bits per heavy atom. The summed E-state index contributed by atoms with van der Waals surface area (Å²) in [6.07, 6.45) is 1.38. The highest BCUT2D eigenvalue weighted by Gasteiger charge is 2.27. The van der Waals surface area contributed by atoms with Crippen LogP contribution in [0, 0.1) is 11.7 Å². The van der Waals surface area contributed by atoms with Gasteiger partial charge in [0.15, 0.2) is 0 Å². The fourth-order valence-corrected chi connectivity index (χ4v) is 2.64. The van der Waals surface area contributed by atoms with Gasteiger partial charge in [0.1, 0.15) is 11.5 Å². The number of nitrogens with one attached hydrogen (secondary N) is 1. The van der Waals surface area contributed by atoms with Crippen LogP contribution in [0.1, 0.15) is 11.1 Å². The van der Waals surface area contributed by atoms with Crippen LogP contribution in [0.15, 0.2) is 42.5 Å². The molecule has 0 saturated carbocycles. The highest BCUT2D eigenvalue weighted by Crippen LogP contribution is 2.29. The zero-order chi connectivity index (χ0) is 14.1. The van der Waals surface area contributed by atoms with Gasteiger partial charge in [0.25, 0.3) is 0 Å². The van der Waals surface area contributed by atoms with Crippen molar-refractivity contribution in [1.29, 1.82) is 0 Å². The maximum absolute atomic E-state index is 13.7. The zero-order valence-electron chi connectivity index (χ0n) is 10.9. The number of anilines is 2. The van der Waals surface area contributed by atoms with Gasteiger partial charge in [0.2, 0.25) is 5.91 Å². The van der Waals surface area contributed by atoms with E-state index in [4.69, 9.17) is 5.73 Å². The lowest BCUT2D eigenvalue weighted by Crippen LogP contribution is -2.24. The van der Waals surface area contributed by atoms with Gasteiger partial charge in [0.05, 0.1) is 5.69 Å². The minimum atomic E-state index is -0.506. The van der Waals surface area contributed by atoms with E-state index < -0.39 is 5.82 Å². The molecule has 3 rings (SSSR count). The third-order valence-corrected chi connectivity index (χ3v) is 3.72. The molecule has 0 saturated heterocycles. The van der Waals surface area contributed by atoms with Crippen LogP contribution in [0.25, 0.3) is 0 Å². The van der Waals surface area contributed by atoms with Crippen molar-refractivity contribution in [2.75, 3.05) is 11.1 Å². The first-order valence-corrected chi connectivity index (χ1v) is 6.57. The monoisotopic (exact) mass is 270 g/mol. The van der Waals surface area contributed by atoms with E-state index in [2.05, 4.69) is 5.32 Å². The van der Waals surface area contributed by atoms with Crippen LogP contribution in [-0.2, 0) is 17.6 Å². The summed E-state index contributed by atoms with van der Waals surface area (Å²) in [6, 6.07) is 12.4. The van der Waals surface area contributed by atoms with E-state index >= 15 is 0 Å². The van der Waals surface area contributed by atoms with Crippen LogP contribution in [-0.4, -0.2) is 5.91 Å². The first-order valence-electron chi connectivity index (χ1n) is 6.57. The molecule has 102 valence electrons. The number of carbonyl (C=O) groups is 1. The molecule has 3 nitrogen and oxygen atoms in total. The summed E-state index contributed by atoms with van der Waals surface area (Å²) in [5, 5.41) is 2.62. The lowest BCUT2D eigenvalue weighted by Gasteiger charge is -2.12. The van der Waals surface area contributed by atoms with Gasteiger partial charge in [-0.2, -0.15) is 0 Å². The standard InChI is InChI=1S/C16H15FN2O/c17-13-6-3-7-14(18)15(13)19-16(20)12-8-10-4-1-2-5-11(10)9-12/h1-7,12H,8-9,18H2,(H,19,20). The quantitative estimate of drug-likeness (QED) is 0.824. The predicted octanol–water partition coefficient (Wildman–Crippen LogP) is 2.76. The molecule has 0 radical (unpaired) electrons. The lowest BCUT2D eigenvalue weighted by atomic mass is 10.1. The Hall–Kier alpha value is -2.36. The predicted molar refractivity (Wildman–Crippen MR) is 76.8 cm³/mol.